The molecule has 1 saturated heterocycles. The molecule has 1 aliphatic heterocycles. The van der Waals surface area contributed by atoms with Crippen molar-refractivity contribution >= 4 is 32.9 Å². The van der Waals surface area contributed by atoms with E-state index in [-0.39, 0.29) is 30.8 Å². The van der Waals surface area contributed by atoms with E-state index in [4.69, 9.17) is 4.98 Å². The number of fused-ring (bicyclic) bond motifs is 1. The van der Waals surface area contributed by atoms with Gasteiger partial charge in [-0.2, -0.15) is 0 Å². The third-order valence-corrected chi connectivity index (χ3v) is 5.53. The van der Waals surface area contributed by atoms with Gasteiger partial charge in [0.25, 0.3) is 0 Å². The molecule has 0 unspecified atom stereocenters. The molecule has 0 spiro atoms. The van der Waals surface area contributed by atoms with Crippen molar-refractivity contribution in [2.24, 2.45) is 0 Å². The van der Waals surface area contributed by atoms with Crippen molar-refractivity contribution in [1.29, 1.82) is 0 Å². The van der Waals surface area contributed by atoms with E-state index in [1.807, 2.05) is 18.2 Å². The van der Waals surface area contributed by atoms with Crippen LogP contribution < -0.4 is 5.32 Å². The van der Waals surface area contributed by atoms with Gasteiger partial charge < -0.3 is 9.88 Å². The fourth-order valence-corrected chi connectivity index (χ4v) is 4.16. The van der Waals surface area contributed by atoms with Crippen LogP contribution in [0.3, 0.4) is 0 Å². The van der Waals surface area contributed by atoms with Gasteiger partial charge in [0, 0.05) is 29.8 Å². The lowest BCUT2D eigenvalue weighted by Crippen LogP contribution is -2.29. The number of hydrogen-bond acceptors (Lipinski definition) is 2. The molecule has 1 atom stereocenters. The van der Waals surface area contributed by atoms with Gasteiger partial charge in [-0.05, 0) is 37.5 Å². The van der Waals surface area contributed by atoms with E-state index in [0.29, 0.717) is 25.7 Å². The number of carbonyl (C=O) groups excluding carboxylic acids is 1. The number of rotatable bonds is 2. The average Bonchev–Trinajstić information content (AvgIpc) is 3.10. The topological polar surface area (TPSA) is 46.9 Å². The molecule has 0 bridgehead atoms. The van der Waals surface area contributed by atoms with Gasteiger partial charge in [0.15, 0.2) is 0 Å². The first-order chi connectivity index (χ1) is 11.4. The molecule has 0 radical (unpaired) electrons. The van der Waals surface area contributed by atoms with Gasteiger partial charge in [-0.25, -0.2) is 13.8 Å². The Labute approximate surface area is 146 Å². The summed E-state index contributed by atoms with van der Waals surface area (Å²) < 4.78 is 30.1. The highest BCUT2D eigenvalue weighted by Gasteiger charge is 2.38. The first kappa shape index (κ1) is 16.0. The highest BCUT2D eigenvalue weighted by Crippen LogP contribution is 2.41. The Balaban J connectivity index is 1.78. The average molecular weight is 398 g/mol. The Bertz CT molecular complexity index is 794. The predicted molar refractivity (Wildman–Crippen MR) is 90.0 cm³/mol. The van der Waals surface area contributed by atoms with Gasteiger partial charge in [0.2, 0.25) is 11.8 Å². The Kier molecular flexibility index (Phi) is 3.86. The van der Waals surface area contributed by atoms with Crippen molar-refractivity contribution in [2.75, 3.05) is 0 Å². The molecular formula is C17H18BrF2N3O. The third-order valence-electron chi connectivity index (χ3n) is 5.04. The van der Waals surface area contributed by atoms with Crippen LogP contribution in [0.5, 0.6) is 0 Å². The fraction of sp³-hybridized carbons (Fsp3) is 0.529. The maximum Gasteiger partial charge on any atom is 0.248 e. The molecule has 1 amide bonds. The molecule has 1 aromatic heterocycles. The smallest absolute Gasteiger partial charge is 0.248 e. The normalized spacial score (nSPS) is 24.5. The highest BCUT2D eigenvalue weighted by molar-refractivity contribution is 9.10. The van der Waals surface area contributed by atoms with Crippen LogP contribution in [-0.4, -0.2) is 21.4 Å². The lowest BCUT2D eigenvalue weighted by atomic mass is 9.91. The zero-order valence-electron chi connectivity index (χ0n) is 13.1. The quantitative estimate of drug-likeness (QED) is 0.810. The number of imidazole rings is 1. The summed E-state index contributed by atoms with van der Waals surface area (Å²) in [5.74, 6) is -1.74. The number of carbonyl (C=O) groups is 1. The summed E-state index contributed by atoms with van der Waals surface area (Å²) in [5, 5.41) is 2.96. The van der Waals surface area contributed by atoms with Gasteiger partial charge >= 0.3 is 0 Å². The fourth-order valence-electron chi connectivity index (χ4n) is 3.81. The first-order valence-electron chi connectivity index (χ1n) is 8.27. The van der Waals surface area contributed by atoms with Crippen molar-refractivity contribution in [2.45, 2.75) is 56.5 Å². The van der Waals surface area contributed by atoms with E-state index in [9.17, 15) is 13.6 Å². The maximum atomic E-state index is 13.6. The van der Waals surface area contributed by atoms with E-state index in [1.54, 1.807) is 0 Å². The minimum absolute atomic E-state index is 0.00306. The predicted octanol–water partition coefficient (Wildman–Crippen LogP) is 4.50. The van der Waals surface area contributed by atoms with Crippen molar-refractivity contribution in [3.63, 3.8) is 0 Å². The summed E-state index contributed by atoms with van der Waals surface area (Å²) in [6, 6.07) is 5.71. The van der Waals surface area contributed by atoms with Crippen LogP contribution in [0.1, 0.15) is 56.4 Å². The number of nitrogens with zero attached hydrogens (tertiary/aromatic N) is 2. The zero-order chi connectivity index (χ0) is 16.9. The Morgan fingerprint density at radius 1 is 1.25 bits per heavy atom. The summed E-state index contributed by atoms with van der Waals surface area (Å²) in [4.78, 5) is 16.3. The first-order valence-corrected chi connectivity index (χ1v) is 9.07. The lowest BCUT2D eigenvalue weighted by molar-refractivity contribution is -0.119. The third kappa shape index (κ3) is 2.83. The SMILES string of the molecule is O=C1CC[C@@H](c2nc3cc(Br)ccc3n2C2CCC(F)(F)CC2)N1. The van der Waals surface area contributed by atoms with Crippen LogP contribution in [0, 0.1) is 0 Å². The minimum Gasteiger partial charge on any atom is -0.346 e. The monoisotopic (exact) mass is 397 g/mol. The molecule has 2 heterocycles. The molecule has 4 rings (SSSR count). The Morgan fingerprint density at radius 2 is 2.00 bits per heavy atom. The van der Waals surface area contributed by atoms with E-state index in [2.05, 4.69) is 25.8 Å². The van der Waals surface area contributed by atoms with Crippen molar-refractivity contribution in [3.05, 3.63) is 28.5 Å². The molecule has 1 saturated carbocycles. The molecule has 7 heteroatoms. The van der Waals surface area contributed by atoms with Gasteiger partial charge in [-0.3, -0.25) is 4.79 Å². The number of alkyl halides is 2. The molecule has 2 aliphatic rings. The lowest BCUT2D eigenvalue weighted by Gasteiger charge is -2.31. The summed E-state index contributed by atoms with van der Waals surface area (Å²) in [6.45, 7) is 0. The summed E-state index contributed by atoms with van der Waals surface area (Å²) in [5.41, 5.74) is 1.78. The Hall–Kier alpha value is -1.50. The molecule has 2 fully saturated rings. The van der Waals surface area contributed by atoms with Gasteiger partial charge in [0.1, 0.15) is 5.82 Å². The van der Waals surface area contributed by atoms with Crippen molar-refractivity contribution < 1.29 is 13.6 Å². The van der Waals surface area contributed by atoms with Crippen molar-refractivity contribution in [3.8, 4) is 0 Å². The van der Waals surface area contributed by atoms with Crippen LogP contribution >= 0.6 is 15.9 Å². The van der Waals surface area contributed by atoms with E-state index in [1.165, 1.54) is 0 Å². The van der Waals surface area contributed by atoms with Crippen LogP contribution in [-0.2, 0) is 4.79 Å². The second-order valence-electron chi connectivity index (χ2n) is 6.72. The molecular weight excluding hydrogens is 380 g/mol. The summed E-state index contributed by atoms with van der Waals surface area (Å²) in [7, 11) is 0. The van der Waals surface area contributed by atoms with Crippen LogP contribution in [0.4, 0.5) is 8.78 Å². The second-order valence-corrected chi connectivity index (χ2v) is 7.63. The summed E-state index contributed by atoms with van der Waals surface area (Å²) in [6.07, 6.45) is 1.87. The zero-order valence-corrected chi connectivity index (χ0v) is 14.7. The number of amides is 1. The van der Waals surface area contributed by atoms with Crippen LogP contribution in [0.25, 0.3) is 11.0 Å². The van der Waals surface area contributed by atoms with Gasteiger partial charge in [0.05, 0.1) is 17.1 Å². The molecule has 1 aliphatic carbocycles. The number of benzene rings is 1. The Morgan fingerprint density at radius 3 is 2.67 bits per heavy atom. The van der Waals surface area contributed by atoms with E-state index in [0.717, 1.165) is 21.3 Å². The largest absolute Gasteiger partial charge is 0.346 e. The maximum absolute atomic E-state index is 13.6. The summed E-state index contributed by atoms with van der Waals surface area (Å²) >= 11 is 3.45. The van der Waals surface area contributed by atoms with E-state index >= 15 is 0 Å². The van der Waals surface area contributed by atoms with Crippen molar-refractivity contribution in [1.82, 2.24) is 14.9 Å². The molecule has 1 aromatic carbocycles. The van der Waals surface area contributed by atoms with E-state index < -0.39 is 5.92 Å². The number of nitrogens with one attached hydrogen (secondary N) is 1. The molecule has 4 nitrogen and oxygen atoms in total. The van der Waals surface area contributed by atoms with Gasteiger partial charge in [-0.15, -0.1) is 0 Å². The van der Waals surface area contributed by atoms with Gasteiger partial charge in [-0.1, -0.05) is 15.9 Å². The second kappa shape index (κ2) is 5.79. The van der Waals surface area contributed by atoms with Crippen LogP contribution in [0.2, 0.25) is 0 Å². The number of aromatic nitrogens is 2. The molecule has 128 valence electrons. The molecule has 1 N–H and O–H groups in total. The van der Waals surface area contributed by atoms with Crippen LogP contribution in [0.15, 0.2) is 22.7 Å². The standard InChI is InChI=1S/C17H18BrF2N3O/c18-10-1-3-14-13(9-10)22-16(12-2-4-15(24)21-12)23(14)11-5-7-17(19,20)8-6-11/h1,3,9,11-12H,2,4-8H2,(H,21,24)/t12-/m0/s1. The number of hydrogen-bond donors (Lipinski definition) is 1. The highest BCUT2D eigenvalue weighted by atomic mass is 79.9. The molecule has 2 aromatic rings. The minimum atomic E-state index is -2.56. The molecule has 24 heavy (non-hydrogen) atoms. The number of halogens is 3.